The Morgan fingerprint density at radius 2 is 2.06 bits per heavy atom. The summed E-state index contributed by atoms with van der Waals surface area (Å²) in [6, 6.07) is 3.24. The number of hydrogen-bond donors (Lipinski definition) is 0. The summed E-state index contributed by atoms with van der Waals surface area (Å²) in [5, 5.41) is 10.6. The van der Waals surface area contributed by atoms with E-state index in [4.69, 9.17) is 4.74 Å². The van der Waals surface area contributed by atoms with Crippen LogP contribution in [0.15, 0.2) is 18.2 Å². The van der Waals surface area contributed by atoms with Crippen LogP contribution in [0.3, 0.4) is 0 Å². The van der Waals surface area contributed by atoms with Crippen LogP contribution in [0.2, 0.25) is 0 Å². The Hall–Kier alpha value is -1.93. The molecule has 0 atom stereocenters. The van der Waals surface area contributed by atoms with Gasteiger partial charge in [-0.05, 0) is 12.1 Å². The lowest BCUT2D eigenvalue weighted by molar-refractivity contribution is -0.385. The topological polar surface area (TPSA) is 61.6 Å². The number of nitrogens with zero attached hydrogens (tertiary/aromatic N) is 1. The van der Waals surface area contributed by atoms with Gasteiger partial charge in [0.25, 0.3) is 0 Å². The standard InChI is InChI=1S/C8H8BF3NO4/c1-16-8-3-2-6(4-7(8)13(14)15)17-5-9(10,11)12/h2-4H,5H2,1H3/q-1. The number of ether oxygens (including phenoxy) is 2. The van der Waals surface area contributed by atoms with Crippen molar-refractivity contribution in [2.75, 3.05) is 13.6 Å². The molecule has 0 saturated heterocycles. The van der Waals surface area contributed by atoms with Crippen LogP contribution in [0, 0.1) is 10.1 Å². The van der Waals surface area contributed by atoms with Crippen LogP contribution in [0.4, 0.5) is 18.6 Å². The first-order chi connectivity index (χ1) is 7.83. The first-order valence-electron chi connectivity index (χ1n) is 4.49. The molecule has 17 heavy (non-hydrogen) atoms. The van der Waals surface area contributed by atoms with Crippen molar-refractivity contribution in [3.05, 3.63) is 28.3 Å². The molecule has 0 radical (unpaired) electrons. The summed E-state index contributed by atoms with van der Waals surface area (Å²) in [5.74, 6) is -0.267. The highest BCUT2D eigenvalue weighted by Crippen LogP contribution is 2.31. The fourth-order valence-corrected chi connectivity index (χ4v) is 1.09. The smallest absolute Gasteiger partial charge is 0.515 e. The maximum absolute atomic E-state index is 11.9. The molecule has 1 rings (SSSR count). The predicted octanol–water partition coefficient (Wildman–Crippen LogP) is 2.37. The van der Waals surface area contributed by atoms with Crippen molar-refractivity contribution in [1.82, 2.24) is 0 Å². The Morgan fingerprint density at radius 3 is 2.53 bits per heavy atom. The number of hydrogen-bond acceptors (Lipinski definition) is 4. The molecular weight excluding hydrogens is 242 g/mol. The van der Waals surface area contributed by atoms with Crippen LogP contribution < -0.4 is 9.47 Å². The summed E-state index contributed by atoms with van der Waals surface area (Å²) in [7, 11) is 1.22. The lowest BCUT2D eigenvalue weighted by Crippen LogP contribution is -2.26. The van der Waals surface area contributed by atoms with Crippen LogP contribution in [0.5, 0.6) is 11.5 Å². The molecule has 1 aromatic carbocycles. The largest absolute Gasteiger partial charge is 0.521 e. The fourth-order valence-electron chi connectivity index (χ4n) is 1.09. The molecule has 0 aromatic heterocycles. The van der Waals surface area contributed by atoms with Crippen LogP contribution in [-0.4, -0.2) is 25.5 Å². The normalized spacial score (nSPS) is 11.1. The summed E-state index contributed by atoms with van der Waals surface area (Å²) in [4.78, 5) is 9.83. The van der Waals surface area contributed by atoms with Crippen LogP contribution >= 0.6 is 0 Å². The molecule has 0 fully saturated rings. The maximum atomic E-state index is 11.9. The second kappa shape index (κ2) is 4.94. The van der Waals surface area contributed by atoms with E-state index in [9.17, 15) is 23.1 Å². The SMILES string of the molecule is COc1ccc(OC[B-](F)(F)F)cc1[N+](=O)[O-]. The molecule has 0 heterocycles. The Kier molecular flexibility index (Phi) is 3.82. The van der Waals surface area contributed by atoms with E-state index in [2.05, 4.69) is 4.74 Å². The van der Waals surface area contributed by atoms with Gasteiger partial charge in [-0.1, -0.05) is 0 Å². The molecule has 0 saturated carbocycles. The number of rotatable bonds is 5. The van der Waals surface area contributed by atoms with E-state index in [0.717, 1.165) is 6.07 Å². The van der Waals surface area contributed by atoms with Crippen molar-refractivity contribution in [2.24, 2.45) is 0 Å². The minimum Gasteiger partial charge on any atom is -0.521 e. The molecule has 0 aliphatic heterocycles. The van der Waals surface area contributed by atoms with Gasteiger partial charge in [0, 0.05) is 0 Å². The average Bonchev–Trinajstić information content (AvgIpc) is 2.25. The highest BCUT2D eigenvalue weighted by molar-refractivity contribution is 6.58. The molecule has 94 valence electrons. The number of methoxy groups -OCH3 is 1. The predicted molar refractivity (Wildman–Crippen MR) is 54.2 cm³/mol. The third-order valence-corrected chi connectivity index (χ3v) is 1.79. The minimum atomic E-state index is -5.09. The quantitative estimate of drug-likeness (QED) is 0.457. The Morgan fingerprint density at radius 1 is 1.41 bits per heavy atom. The van der Waals surface area contributed by atoms with Crippen LogP contribution in [-0.2, 0) is 0 Å². The summed E-state index contributed by atoms with van der Waals surface area (Å²) < 4.78 is 44.9. The van der Waals surface area contributed by atoms with Crippen LogP contribution in [0.1, 0.15) is 0 Å². The molecule has 0 bridgehead atoms. The van der Waals surface area contributed by atoms with E-state index in [-0.39, 0.29) is 11.5 Å². The molecule has 1 aromatic rings. The molecule has 0 aliphatic carbocycles. The summed E-state index contributed by atoms with van der Waals surface area (Å²) in [5.41, 5.74) is -0.445. The van der Waals surface area contributed by atoms with Gasteiger partial charge in [-0.2, -0.15) is 0 Å². The third kappa shape index (κ3) is 3.85. The zero-order chi connectivity index (χ0) is 13.1. The van der Waals surface area contributed by atoms with E-state index in [0.29, 0.717) is 0 Å². The Balaban J connectivity index is 2.89. The van der Waals surface area contributed by atoms with Gasteiger partial charge in [-0.3, -0.25) is 10.1 Å². The second-order valence-electron chi connectivity index (χ2n) is 3.11. The maximum Gasteiger partial charge on any atom is 0.515 e. The molecule has 0 amide bonds. The van der Waals surface area contributed by atoms with Crippen LogP contribution in [0.25, 0.3) is 0 Å². The lowest BCUT2D eigenvalue weighted by atomic mass is 9.95. The molecule has 9 heteroatoms. The summed E-state index contributed by atoms with van der Waals surface area (Å²) >= 11 is 0. The summed E-state index contributed by atoms with van der Waals surface area (Å²) in [6.07, 6.45) is 0. The number of benzene rings is 1. The van der Waals surface area contributed by atoms with E-state index in [1.165, 1.54) is 19.2 Å². The van der Waals surface area contributed by atoms with Gasteiger partial charge >= 0.3 is 12.7 Å². The minimum absolute atomic E-state index is 0.0418. The molecule has 0 N–H and O–H groups in total. The van der Waals surface area contributed by atoms with Gasteiger partial charge in [-0.25, -0.2) is 0 Å². The molecule has 0 aliphatic rings. The van der Waals surface area contributed by atoms with Crippen molar-refractivity contribution in [3.8, 4) is 11.5 Å². The average molecular weight is 250 g/mol. The van der Waals surface area contributed by atoms with Crippen molar-refractivity contribution < 1.29 is 27.3 Å². The fraction of sp³-hybridized carbons (Fsp3) is 0.250. The van der Waals surface area contributed by atoms with E-state index < -0.39 is 24.1 Å². The van der Waals surface area contributed by atoms with Crippen molar-refractivity contribution in [2.45, 2.75) is 0 Å². The molecule has 0 unspecified atom stereocenters. The molecule has 0 spiro atoms. The lowest BCUT2D eigenvalue weighted by Gasteiger charge is -2.15. The first kappa shape index (κ1) is 13.1. The van der Waals surface area contributed by atoms with E-state index >= 15 is 0 Å². The van der Waals surface area contributed by atoms with E-state index in [1.807, 2.05) is 0 Å². The highest BCUT2D eigenvalue weighted by atomic mass is 19.4. The Bertz CT molecular complexity index is 424. The number of nitro groups is 1. The highest BCUT2D eigenvalue weighted by Gasteiger charge is 2.25. The third-order valence-electron chi connectivity index (χ3n) is 1.79. The molecular formula is C8H8BF3NO4-. The van der Waals surface area contributed by atoms with Crippen molar-refractivity contribution >= 4 is 12.7 Å². The monoisotopic (exact) mass is 250 g/mol. The van der Waals surface area contributed by atoms with Gasteiger partial charge in [-0.15, -0.1) is 0 Å². The zero-order valence-corrected chi connectivity index (χ0v) is 8.73. The summed E-state index contributed by atoms with van der Waals surface area (Å²) in [6.45, 7) is -6.53. The van der Waals surface area contributed by atoms with Gasteiger partial charge in [0.15, 0.2) is 5.75 Å². The van der Waals surface area contributed by atoms with Crippen molar-refractivity contribution in [1.29, 1.82) is 0 Å². The first-order valence-corrected chi connectivity index (χ1v) is 4.49. The van der Waals surface area contributed by atoms with Gasteiger partial charge in [0.05, 0.1) is 24.6 Å². The number of halogens is 3. The number of nitro benzene ring substituents is 1. The second-order valence-corrected chi connectivity index (χ2v) is 3.11. The van der Waals surface area contributed by atoms with Gasteiger partial charge in [0.1, 0.15) is 5.75 Å². The molecule has 5 nitrogen and oxygen atoms in total. The Labute approximate surface area is 94.3 Å². The van der Waals surface area contributed by atoms with Gasteiger partial charge < -0.3 is 22.4 Å². The van der Waals surface area contributed by atoms with Gasteiger partial charge in [0.2, 0.25) is 0 Å². The van der Waals surface area contributed by atoms with E-state index in [1.54, 1.807) is 0 Å². The van der Waals surface area contributed by atoms with Crippen molar-refractivity contribution in [3.63, 3.8) is 0 Å². The zero-order valence-electron chi connectivity index (χ0n) is 8.73.